The van der Waals surface area contributed by atoms with Crippen molar-refractivity contribution in [2.75, 3.05) is 0 Å². The molecular weight excluding hydrogens is 436 g/mol. The van der Waals surface area contributed by atoms with Crippen molar-refractivity contribution >= 4 is 17.5 Å². The normalized spacial score (nSPS) is 13.1. The molecule has 4 heteroatoms. The van der Waals surface area contributed by atoms with Crippen LogP contribution in [0, 0.1) is 0 Å². The van der Waals surface area contributed by atoms with E-state index in [9.17, 15) is 14.4 Å². The topological polar surface area (TPSA) is 60.4 Å². The Morgan fingerprint density at radius 2 is 1.23 bits per heavy atom. The summed E-state index contributed by atoms with van der Waals surface area (Å²) in [7, 11) is 0. The van der Waals surface area contributed by atoms with Crippen LogP contribution in [0.1, 0.15) is 138 Å². The number of unbranched alkanes of at least 4 members (excludes halogenated alkanes) is 12. The summed E-state index contributed by atoms with van der Waals surface area (Å²) in [4.78, 5) is 38.6. The Labute approximate surface area is 212 Å². The van der Waals surface area contributed by atoms with E-state index < -0.39 is 5.97 Å². The predicted molar refractivity (Wildman–Crippen MR) is 143 cm³/mol. The molecule has 1 aliphatic rings. The molecule has 0 heterocycles. The molecule has 192 valence electrons. The molecule has 0 bridgehead atoms. The molecule has 4 nitrogen and oxygen atoms in total. The van der Waals surface area contributed by atoms with Crippen molar-refractivity contribution in [2.24, 2.45) is 0 Å². The lowest BCUT2D eigenvalue weighted by molar-refractivity contribution is -0.139. The van der Waals surface area contributed by atoms with Gasteiger partial charge in [-0.05, 0) is 26.7 Å². The first-order valence-corrected chi connectivity index (χ1v) is 13.7. The Morgan fingerprint density at radius 3 is 1.74 bits per heavy atom. The van der Waals surface area contributed by atoms with Gasteiger partial charge in [-0.25, -0.2) is 0 Å². The van der Waals surface area contributed by atoms with Crippen LogP contribution in [0.25, 0.3) is 0 Å². The molecule has 0 amide bonds. The number of benzene rings is 1. The largest absolute Gasteiger partial charge is 0.422 e. The number of hydrogen-bond acceptors (Lipinski definition) is 4. The Bertz CT molecular complexity index is 902. The summed E-state index contributed by atoms with van der Waals surface area (Å²) in [6, 6.07) is 6.74. The lowest BCUT2D eigenvalue weighted by Gasteiger charge is -2.20. The second kappa shape index (κ2) is 16.2. The Balaban J connectivity index is 1.74. The van der Waals surface area contributed by atoms with Gasteiger partial charge in [0.25, 0.3) is 0 Å². The molecule has 1 aromatic carbocycles. The summed E-state index contributed by atoms with van der Waals surface area (Å²) in [6.45, 7) is 6.12. The fourth-order valence-corrected chi connectivity index (χ4v) is 4.46. The van der Waals surface area contributed by atoms with Crippen LogP contribution in [0.4, 0.5) is 0 Å². The van der Waals surface area contributed by atoms with E-state index in [1.807, 2.05) is 19.9 Å². The van der Waals surface area contributed by atoms with E-state index in [0.717, 1.165) is 24.8 Å². The Morgan fingerprint density at radius 1 is 0.743 bits per heavy atom. The molecule has 0 fully saturated rings. The van der Waals surface area contributed by atoms with Gasteiger partial charge in [-0.3, -0.25) is 14.4 Å². The van der Waals surface area contributed by atoms with Crippen molar-refractivity contribution < 1.29 is 19.1 Å². The number of Topliss-reactive ketones (excluding diaryl/α,β-unsaturated/α-hetero) is 2. The van der Waals surface area contributed by atoms with E-state index in [-0.39, 0.29) is 35.7 Å². The number of esters is 1. The van der Waals surface area contributed by atoms with Crippen LogP contribution in [-0.4, -0.2) is 17.5 Å². The molecule has 0 saturated heterocycles. The lowest BCUT2D eigenvalue weighted by atomic mass is 9.86. The number of rotatable bonds is 17. The van der Waals surface area contributed by atoms with Crippen LogP contribution in [0.3, 0.4) is 0 Å². The monoisotopic (exact) mass is 480 g/mol. The predicted octanol–water partition coefficient (Wildman–Crippen LogP) is 8.70. The van der Waals surface area contributed by atoms with E-state index >= 15 is 0 Å². The first kappa shape index (κ1) is 28.7. The molecule has 0 N–H and O–H groups in total. The number of ether oxygens (including phenoxy) is 1. The van der Waals surface area contributed by atoms with Gasteiger partial charge in [0.05, 0.1) is 5.57 Å². The maximum atomic E-state index is 13.0. The number of allylic oxidation sites excluding steroid dienone is 4. The number of ketones is 2. The van der Waals surface area contributed by atoms with Crippen molar-refractivity contribution in [3.8, 4) is 0 Å². The molecule has 0 aliphatic heterocycles. The zero-order valence-electron chi connectivity index (χ0n) is 22.1. The van der Waals surface area contributed by atoms with Gasteiger partial charge in [-0.15, -0.1) is 0 Å². The van der Waals surface area contributed by atoms with E-state index in [2.05, 4.69) is 6.92 Å². The average molecular weight is 481 g/mol. The van der Waals surface area contributed by atoms with Crippen molar-refractivity contribution in [1.29, 1.82) is 0 Å². The maximum Gasteiger partial charge on any atom is 0.311 e. The third-order valence-corrected chi connectivity index (χ3v) is 6.59. The zero-order chi connectivity index (χ0) is 25.5. The highest BCUT2D eigenvalue weighted by Gasteiger charge is 2.33. The van der Waals surface area contributed by atoms with E-state index in [1.54, 1.807) is 24.3 Å². The van der Waals surface area contributed by atoms with E-state index in [4.69, 9.17) is 4.74 Å². The molecular formula is C31H44O4. The molecule has 0 unspecified atom stereocenters. The molecule has 0 atom stereocenters. The smallest absolute Gasteiger partial charge is 0.311 e. The van der Waals surface area contributed by atoms with Crippen molar-refractivity contribution in [3.05, 3.63) is 58.4 Å². The Hall–Kier alpha value is -2.49. The highest BCUT2D eigenvalue weighted by Crippen LogP contribution is 2.30. The van der Waals surface area contributed by atoms with Gasteiger partial charge >= 0.3 is 5.97 Å². The molecule has 1 aromatic rings. The molecule has 1 aliphatic carbocycles. The average Bonchev–Trinajstić information content (AvgIpc) is 2.84. The van der Waals surface area contributed by atoms with Crippen LogP contribution in [0.2, 0.25) is 0 Å². The maximum absolute atomic E-state index is 13.0. The summed E-state index contributed by atoms with van der Waals surface area (Å²) >= 11 is 0. The van der Waals surface area contributed by atoms with E-state index in [0.29, 0.717) is 11.1 Å². The van der Waals surface area contributed by atoms with Crippen molar-refractivity contribution in [1.82, 2.24) is 0 Å². The summed E-state index contributed by atoms with van der Waals surface area (Å²) in [5, 5.41) is 0. The summed E-state index contributed by atoms with van der Waals surface area (Å²) in [5.41, 5.74) is 2.00. The molecule has 0 aromatic heterocycles. The fraction of sp³-hybridized carbons (Fsp3) is 0.581. The highest BCUT2D eigenvalue weighted by atomic mass is 16.5. The summed E-state index contributed by atoms with van der Waals surface area (Å²) in [5.74, 6) is -1.14. The van der Waals surface area contributed by atoms with Gasteiger partial charge in [-0.2, -0.15) is 0 Å². The summed E-state index contributed by atoms with van der Waals surface area (Å²) in [6.07, 6.45) is 18.5. The van der Waals surface area contributed by atoms with Crippen LogP contribution in [0.5, 0.6) is 0 Å². The molecule has 35 heavy (non-hydrogen) atoms. The second-order valence-corrected chi connectivity index (χ2v) is 9.96. The standard InChI is InChI=1S/C31H44O4/c1-4-5-6-7-8-9-10-11-12-13-14-15-16-21-28(32)35-31-27(23-22-24(2)3)29(33)25-19-17-18-20-26(25)30(31)34/h17-20,22H,4-16,21,23H2,1-3H3. The van der Waals surface area contributed by atoms with Gasteiger partial charge in [0, 0.05) is 17.5 Å². The molecule has 2 rings (SSSR count). The summed E-state index contributed by atoms with van der Waals surface area (Å²) < 4.78 is 5.52. The van der Waals surface area contributed by atoms with Crippen molar-refractivity contribution in [2.45, 2.75) is 117 Å². The van der Waals surface area contributed by atoms with Crippen LogP contribution in [-0.2, 0) is 9.53 Å². The minimum Gasteiger partial charge on any atom is -0.422 e. The Kier molecular flexibility index (Phi) is 13.3. The second-order valence-electron chi connectivity index (χ2n) is 9.96. The van der Waals surface area contributed by atoms with Crippen molar-refractivity contribution in [3.63, 3.8) is 0 Å². The number of hydrogen-bond donors (Lipinski definition) is 0. The molecule has 0 spiro atoms. The first-order valence-electron chi connectivity index (χ1n) is 13.7. The van der Waals surface area contributed by atoms with Gasteiger partial charge < -0.3 is 4.74 Å². The van der Waals surface area contributed by atoms with Crippen LogP contribution < -0.4 is 0 Å². The quantitative estimate of drug-likeness (QED) is 0.127. The first-order chi connectivity index (χ1) is 17.0. The van der Waals surface area contributed by atoms with E-state index in [1.165, 1.54) is 64.2 Å². The van der Waals surface area contributed by atoms with Gasteiger partial charge in [0.1, 0.15) is 0 Å². The third-order valence-electron chi connectivity index (χ3n) is 6.59. The lowest BCUT2D eigenvalue weighted by Crippen LogP contribution is -2.25. The SMILES string of the molecule is CCCCCCCCCCCCCCCC(=O)OC1=C(CC=C(C)C)C(=O)c2ccccc2C1=O. The number of fused-ring (bicyclic) bond motifs is 1. The molecule has 0 saturated carbocycles. The highest BCUT2D eigenvalue weighted by molar-refractivity contribution is 6.26. The minimum absolute atomic E-state index is 0.0918. The third kappa shape index (κ3) is 9.95. The molecule has 0 radical (unpaired) electrons. The fourth-order valence-electron chi connectivity index (χ4n) is 4.46. The van der Waals surface area contributed by atoms with Crippen LogP contribution in [0.15, 0.2) is 47.2 Å². The van der Waals surface area contributed by atoms with Crippen LogP contribution >= 0.6 is 0 Å². The zero-order valence-corrected chi connectivity index (χ0v) is 22.1. The van der Waals surface area contributed by atoms with Gasteiger partial charge in [0.2, 0.25) is 5.78 Å². The van der Waals surface area contributed by atoms with Gasteiger partial charge in [0.15, 0.2) is 11.5 Å². The number of carbonyl (C=O) groups is 3. The van der Waals surface area contributed by atoms with Gasteiger partial charge in [-0.1, -0.05) is 120 Å². The number of carbonyl (C=O) groups excluding carboxylic acids is 3. The minimum atomic E-state index is -0.432.